The molecule has 0 aromatic carbocycles. The maximum absolute atomic E-state index is 10.6. The molecule has 0 saturated carbocycles. The number of unbranched alkanes of at least 4 members (excludes halogenated alkanes) is 1. The van der Waals surface area contributed by atoms with Crippen molar-refractivity contribution in [2.45, 2.75) is 26.2 Å². The molecule has 0 rings (SSSR count). The predicted molar refractivity (Wildman–Crippen MR) is 79.4 cm³/mol. The molecule has 0 saturated heterocycles. The summed E-state index contributed by atoms with van der Waals surface area (Å²) in [6.45, 7) is 6.51. The lowest BCUT2D eigenvalue weighted by molar-refractivity contribution is -0.890. The largest absolute Gasteiger partial charge is 0.379 e. The molecule has 0 aliphatic carbocycles. The fraction of sp³-hybridized carbons (Fsp3) is 1.00. The summed E-state index contributed by atoms with van der Waals surface area (Å²) < 4.78 is 41.4. The Bertz CT molecular complexity index is 330. The smallest absolute Gasteiger partial charge is 0.264 e. The third kappa shape index (κ3) is 14.2. The van der Waals surface area contributed by atoms with Crippen LogP contribution in [0.4, 0.5) is 0 Å². The van der Waals surface area contributed by atoms with E-state index in [9.17, 15) is 8.42 Å². The van der Waals surface area contributed by atoms with E-state index < -0.39 is 10.1 Å². The van der Waals surface area contributed by atoms with Crippen molar-refractivity contribution in [2.24, 2.45) is 0 Å². The minimum absolute atomic E-state index is 0.154. The molecule has 7 heteroatoms. The lowest BCUT2D eigenvalue weighted by atomic mass is 10.3. The molecule has 0 atom stereocenters. The van der Waals surface area contributed by atoms with Gasteiger partial charge in [-0.2, -0.15) is 8.42 Å². The van der Waals surface area contributed by atoms with Gasteiger partial charge in [-0.1, -0.05) is 6.92 Å². The van der Waals surface area contributed by atoms with Crippen molar-refractivity contribution in [1.29, 1.82) is 0 Å². The van der Waals surface area contributed by atoms with Crippen LogP contribution < -0.4 is 0 Å². The Labute approximate surface area is 123 Å². The molecule has 0 aliphatic rings. The van der Waals surface area contributed by atoms with E-state index in [1.807, 2.05) is 0 Å². The summed E-state index contributed by atoms with van der Waals surface area (Å²) in [6.07, 6.45) is 2.28. The zero-order valence-electron chi connectivity index (χ0n) is 13.0. The van der Waals surface area contributed by atoms with Gasteiger partial charge in [0.05, 0.1) is 46.2 Å². The molecule has 20 heavy (non-hydrogen) atoms. The molecule has 0 amide bonds. The van der Waals surface area contributed by atoms with Gasteiger partial charge in [0.25, 0.3) is 10.1 Å². The van der Waals surface area contributed by atoms with Crippen LogP contribution in [-0.2, 0) is 19.6 Å². The second-order valence-corrected chi connectivity index (χ2v) is 7.17. The summed E-state index contributed by atoms with van der Waals surface area (Å²) in [5.74, 6) is -0.154. The third-order valence-electron chi connectivity index (χ3n) is 2.98. The molecule has 0 spiro atoms. The molecule has 0 aromatic rings. The summed E-state index contributed by atoms with van der Waals surface area (Å²) in [6, 6.07) is 0. The van der Waals surface area contributed by atoms with Gasteiger partial charge >= 0.3 is 0 Å². The monoisotopic (exact) mass is 312 g/mol. The van der Waals surface area contributed by atoms with Crippen LogP contribution in [0.1, 0.15) is 26.2 Å². The minimum atomic E-state index is -3.82. The van der Waals surface area contributed by atoms with Gasteiger partial charge in [-0.15, -0.1) is 0 Å². The third-order valence-corrected chi connectivity index (χ3v) is 3.78. The van der Waals surface area contributed by atoms with Crippen molar-refractivity contribution < 1.29 is 26.9 Å². The second-order valence-electron chi connectivity index (χ2n) is 5.60. The van der Waals surface area contributed by atoms with Crippen LogP contribution in [0.2, 0.25) is 0 Å². The average molecular weight is 312 g/mol. The molecule has 6 nitrogen and oxygen atoms in total. The Morgan fingerprint density at radius 2 is 1.55 bits per heavy atom. The van der Waals surface area contributed by atoms with Gasteiger partial charge < -0.3 is 14.0 Å². The Hall–Kier alpha value is -0.210. The van der Waals surface area contributed by atoms with Gasteiger partial charge in [0.1, 0.15) is 6.54 Å². The molecular weight excluding hydrogens is 282 g/mol. The zero-order valence-corrected chi connectivity index (χ0v) is 13.8. The van der Waals surface area contributed by atoms with Crippen molar-refractivity contribution in [2.75, 3.05) is 59.4 Å². The van der Waals surface area contributed by atoms with Gasteiger partial charge in [0.2, 0.25) is 0 Å². The van der Waals surface area contributed by atoms with Crippen LogP contribution in [0.25, 0.3) is 0 Å². The molecule has 0 aliphatic heterocycles. The second kappa shape index (κ2) is 10.5. The van der Waals surface area contributed by atoms with Crippen molar-refractivity contribution in [3.8, 4) is 0 Å². The fourth-order valence-corrected chi connectivity index (χ4v) is 2.28. The van der Waals surface area contributed by atoms with Gasteiger partial charge in [-0.05, 0) is 19.3 Å². The van der Waals surface area contributed by atoms with Gasteiger partial charge in [0.15, 0.2) is 0 Å². The van der Waals surface area contributed by atoms with E-state index in [4.69, 9.17) is 14.0 Å². The van der Waals surface area contributed by atoms with Crippen LogP contribution >= 0.6 is 0 Å². The fourth-order valence-electron chi connectivity index (χ4n) is 1.71. The van der Waals surface area contributed by atoms with E-state index in [1.54, 1.807) is 0 Å². The molecule has 0 heterocycles. The Balaban J connectivity index is 3.54. The highest BCUT2D eigenvalue weighted by molar-refractivity contribution is 7.85. The van der Waals surface area contributed by atoms with Crippen LogP contribution in [0.3, 0.4) is 0 Å². The quantitative estimate of drug-likeness (QED) is 0.314. The highest BCUT2D eigenvalue weighted by atomic mass is 32.2. The molecule has 0 fully saturated rings. The summed E-state index contributed by atoms with van der Waals surface area (Å²) in [4.78, 5) is 0. The number of nitrogens with zero attached hydrogens (tertiary/aromatic N) is 1. The number of ether oxygens (including phenoxy) is 2. The Morgan fingerprint density at radius 1 is 0.950 bits per heavy atom. The van der Waals surface area contributed by atoms with Crippen molar-refractivity contribution in [3.63, 3.8) is 0 Å². The number of hydrogen-bond acceptors (Lipinski definition) is 4. The van der Waals surface area contributed by atoms with Gasteiger partial charge in [0, 0.05) is 6.61 Å². The normalized spacial score (nSPS) is 12.8. The van der Waals surface area contributed by atoms with Crippen LogP contribution in [0.15, 0.2) is 0 Å². The number of rotatable bonds is 13. The molecule has 0 aromatic heterocycles. The maximum Gasteiger partial charge on any atom is 0.264 e. The maximum atomic E-state index is 10.6. The standard InChI is InChI=1S/C13H29NO5S/c1-4-9-18-11-12-19-10-8-14(2,3)7-5-6-13-20(15,16)17/h4-13H2,1-3H3/p+1. The van der Waals surface area contributed by atoms with E-state index in [0.717, 1.165) is 37.0 Å². The highest BCUT2D eigenvalue weighted by Crippen LogP contribution is 2.03. The van der Waals surface area contributed by atoms with Crippen LogP contribution in [0, 0.1) is 0 Å². The predicted octanol–water partition coefficient (Wildman–Crippen LogP) is 1.17. The van der Waals surface area contributed by atoms with Gasteiger partial charge in [-0.3, -0.25) is 4.55 Å². The molecule has 0 bridgehead atoms. The number of likely N-dealkylation sites (N-methyl/N-ethyl adjacent to an activating group) is 1. The molecule has 0 radical (unpaired) electrons. The van der Waals surface area contributed by atoms with Crippen molar-refractivity contribution in [1.82, 2.24) is 0 Å². The minimum Gasteiger partial charge on any atom is -0.379 e. The molecule has 122 valence electrons. The lowest BCUT2D eigenvalue weighted by Crippen LogP contribution is -2.43. The number of hydrogen-bond donors (Lipinski definition) is 1. The summed E-state index contributed by atoms with van der Waals surface area (Å²) >= 11 is 0. The van der Waals surface area contributed by atoms with Crippen LogP contribution in [0.5, 0.6) is 0 Å². The van der Waals surface area contributed by atoms with Crippen molar-refractivity contribution in [3.05, 3.63) is 0 Å². The molecule has 0 unspecified atom stereocenters. The topological polar surface area (TPSA) is 72.8 Å². The van der Waals surface area contributed by atoms with Crippen LogP contribution in [-0.4, -0.2) is 76.8 Å². The van der Waals surface area contributed by atoms with E-state index in [-0.39, 0.29) is 5.75 Å². The first-order valence-electron chi connectivity index (χ1n) is 7.19. The highest BCUT2D eigenvalue weighted by Gasteiger charge is 2.15. The van der Waals surface area contributed by atoms with E-state index in [0.29, 0.717) is 26.2 Å². The Morgan fingerprint density at radius 3 is 2.10 bits per heavy atom. The first-order valence-corrected chi connectivity index (χ1v) is 8.80. The summed E-state index contributed by atoms with van der Waals surface area (Å²) in [7, 11) is 0.356. The van der Waals surface area contributed by atoms with E-state index in [1.165, 1.54) is 0 Å². The first kappa shape index (κ1) is 19.8. The van der Waals surface area contributed by atoms with Crippen molar-refractivity contribution >= 4 is 10.1 Å². The molecule has 1 N–H and O–H groups in total. The SMILES string of the molecule is CCCOCCOCC[N+](C)(C)CCCCS(=O)(=O)O. The number of quaternary nitrogens is 1. The van der Waals surface area contributed by atoms with E-state index >= 15 is 0 Å². The Kier molecular flexibility index (Phi) is 10.4. The lowest BCUT2D eigenvalue weighted by Gasteiger charge is -2.29. The first-order chi connectivity index (χ1) is 9.27. The van der Waals surface area contributed by atoms with Gasteiger partial charge in [-0.25, -0.2) is 0 Å². The average Bonchev–Trinajstić information content (AvgIpc) is 2.32. The van der Waals surface area contributed by atoms with E-state index in [2.05, 4.69) is 21.0 Å². The zero-order chi connectivity index (χ0) is 15.5. The summed E-state index contributed by atoms with van der Waals surface area (Å²) in [5.41, 5.74) is 0. The summed E-state index contributed by atoms with van der Waals surface area (Å²) in [5, 5.41) is 0. The molecular formula is C13H30NO5S+.